The van der Waals surface area contributed by atoms with Gasteiger partial charge >= 0.3 is 5.97 Å². The van der Waals surface area contributed by atoms with Crippen LogP contribution in [-0.2, 0) is 4.79 Å². The highest BCUT2D eigenvalue weighted by Gasteiger charge is 2.34. The van der Waals surface area contributed by atoms with Crippen LogP contribution in [0.15, 0.2) is 36.9 Å². The summed E-state index contributed by atoms with van der Waals surface area (Å²) in [6.07, 6.45) is 4.23. The summed E-state index contributed by atoms with van der Waals surface area (Å²) in [5.74, 6) is -1.19. The van der Waals surface area contributed by atoms with Crippen LogP contribution >= 0.6 is 0 Å². The summed E-state index contributed by atoms with van der Waals surface area (Å²) in [4.78, 5) is 28.8. The van der Waals surface area contributed by atoms with Crippen LogP contribution in [0.4, 0.5) is 0 Å². The number of hydrogen-bond donors (Lipinski definition) is 1. The van der Waals surface area contributed by atoms with Crippen LogP contribution < -0.4 is 0 Å². The maximum absolute atomic E-state index is 12.4. The van der Waals surface area contributed by atoms with E-state index in [9.17, 15) is 9.59 Å². The van der Waals surface area contributed by atoms with Crippen molar-refractivity contribution in [3.05, 3.63) is 42.5 Å². The van der Waals surface area contributed by atoms with Crippen LogP contribution in [0, 0.1) is 0 Å². The zero-order valence-corrected chi connectivity index (χ0v) is 11.2. The van der Waals surface area contributed by atoms with Gasteiger partial charge in [-0.1, -0.05) is 0 Å². The standard InChI is InChI=1S/C14H14N4O3/c19-13(17-7-1-2-12(17)14(20)21)10-3-5-11(6-4-10)18-9-15-8-16-18/h3-6,8-9,12H,1-2,7H2,(H,20,21)/t12-/m0/s1. The molecule has 0 spiro atoms. The van der Waals surface area contributed by atoms with Gasteiger partial charge in [-0.25, -0.2) is 14.5 Å². The monoisotopic (exact) mass is 286 g/mol. The Labute approximate surface area is 120 Å². The molecule has 2 aromatic rings. The Morgan fingerprint density at radius 3 is 2.62 bits per heavy atom. The van der Waals surface area contributed by atoms with Crippen LogP contribution in [0.1, 0.15) is 23.2 Å². The number of amides is 1. The summed E-state index contributed by atoms with van der Waals surface area (Å²) in [7, 11) is 0. The molecule has 3 rings (SSSR count). The Morgan fingerprint density at radius 1 is 1.24 bits per heavy atom. The van der Waals surface area contributed by atoms with Crippen molar-refractivity contribution in [2.24, 2.45) is 0 Å². The third-order valence-corrected chi connectivity index (χ3v) is 3.60. The molecule has 0 aliphatic carbocycles. The highest BCUT2D eigenvalue weighted by atomic mass is 16.4. The third kappa shape index (κ3) is 2.49. The first-order valence-electron chi connectivity index (χ1n) is 6.65. The molecule has 1 N–H and O–H groups in total. The molecule has 1 aliphatic rings. The van der Waals surface area contributed by atoms with Gasteiger partial charge in [0.05, 0.1) is 5.69 Å². The van der Waals surface area contributed by atoms with Gasteiger partial charge in [-0.15, -0.1) is 0 Å². The van der Waals surface area contributed by atoms with E-state index in [-0.39, 0.29) is 5.91 Å². The largest absolute Gasteiger partial charge is 0.480 e. The number of carbonyl (C=O) groups is 2. The lowest BCUT2D eigenvalue weighted by atomic mass is 10.1. The quantitative estimate of drug-likeness (QED) is 0.907. The summed E-state index contributed by atoms with van der Waals surface area (Å²) in [5.41, 5.74) is 1.27. The van der Waals surface area contributed by atoms with E-state index in [0.29, 0.717) is 18.5 Å². The molecule has 1 saturated heterocycles. The van der Waals surface area contributed by atoms with E-state index in [0.717, 1.165) is 12.1 Å². The zero-order chi connectivity index (χ0) is 14.8. The van der Waals surface area contributed by atoms with Gasteiger partial charge in [-0.2, -0.15) is 5.10 Å². The van der Waals surface area contributed by atoms with Crippen molar-refractivity contribution in [3.63, 3.8) is 0 Å². The van der Waals surface area contributed by atoms with Crippen LogP contribution in [0.2, 0.25) is 0 Å². The summed E-state index contributed by atoms with van der Waals surface area (Å²) in [5, 5.41) is 13.1. The van der Waals surface area contributed by atoms with E-state index >= 15 is 0 Å². The predicted octanol–water partition coefficient (Wildman–Crippen LogP) is 0.956. The SMILES string of the molecule is O=C(O)[C@@H]1CCCN1C(=O)c1ccc(-n2cncn2)cc1. The Hall–Kier alpha value is -2.70. The number of aliphatic carboxylic acids is 1. The number of benzene rings is 1. The Kier molecular flexibility index (Phi) is 3.39. The number of rotatable bonds is 3. The Balaban J connectivity index is 1.80. The minimum atomic E-state index is -0.944. The third-order valence-electron chi connectivity index (χ3n) is 3.60. The first kappa shape index (κ1) is 13.3. The van der Waals surface area contributed by atoms with Crippen molar-refractivity contribution in [1.29, 1.82) is 0 Å². The number of aromatic nitrogens is 3. The molecule has 0 saturated carbocycles. The molecule has 7 heteroatoms. The Bertz CT molecular complexity index is 651. The van der Waals surface area contributed by atoms with E-state index in [1.165, 1.54) is 11.2 Å². The zero-order valence-electron chi connectivity index (χ0n) is 11.2. The van der Waals surface area contributed by atoms with Gasteiger partial charge in [0.2, 0.25) is 0 Å². The lowest BCUT2D eigenvalue weighted by molar-refractivity contribution is -0.141. The molecule has 1 aromatic heterocycles. The maximum atomic E-state index is 12.4. The van der Waals surface area contributed by atoms with Gasteiger partial charge in [-0.3, -0.25) is 4.79 Å². The lowest BCUT2D eigenvalue weighted by Crippen LogP contribution is -2.40. The molecule has 7 nitrogen and oxygen atoms in total. The number of carbonyl (C=O) groups excluding carboxylic acids is 1. The van der Waals surface area contributed by atoms with Crippen molar-refractivity contribution in [1.82, 2.24) is 19.7 Å². The number of carboxylic acids is 1. The average Bonchev–Trinajstić information content (AvgIpc) is 3.18. The topological polar surface area (TPSA) is 88.3 Å². The van der Waals surface area contributed by atoms with Crippen molar-refractivity contribution in [3.8, 4) is 5.69 Å². The van der Waals surface area contributed by atoms with Crippen molar-refractivity contribution < 1.29 is 14.7 Å². The van der Waals surface area contributed by atoms with Crippen LogP contribution in [0.25, 0.3) is 5.69 Å². The van der Waals surface area contributed by atoms with E-state index in [1.54, 1.807) is 35.3 Å². The summed E-state index contributed by atoms with van der Waals surface area (Å²) in [6.45, 7) is 0.487. The second-order valence-electron chi connectivity index (χ2n) is 4.88. The van der Waals surface area contributed by atoms with Crippen molar-refractivity contribution >= 4 is 11.9 Å². The second-order valence-corrected chi connectivity index (χ2v) is 4.88. The van der Waals surface area contributed by atoms with Gasteiger partial charge in [0, 0.05) is 12.1 Å². The fourth-order valence-electron chi connectivity index (χ4n) is 2.53. The molecule has 108 valence electrons. The van der Waals surface area contributed by atoms with Crippen molar-refractivity contribution in [2.45, 2.75) is 18.9 Å². The van der Waals surface area contributed by atoms with Gasteiger partial charge in [-0.05, 0) is 37.1 Å². The highest BCUT2D eigenvalue weighted by Crippen LogP contribution is 2.20. The van der Waals surface area contributed by atoms with Crippen molar-refractivity contribution in [2.75, 3.05) is 6.54 Å². The van der Waals surface area contributed by atoms with E-state index in [1.807, 2.05) is 0 Å². The molecule has 0 bridgehead atoms. The smallest absolute Gasteiger partial charge is 0.326 e. The van der Waals surface area contributed by atoms with Crippen LogP contribution in [0.5, 0.6) is 0 Å². The number of likely N-dealkylation sites (tertiary alicyclic amines) is 1. The average molecular weight is 286 g/mol. The van der Waals surface area contributed by atoms with Gasteiger partial charge in [0.1, 0.15) is 18.7 Å². The molecule has 1 atom stereocenters. The summed E-state index contributed by atoms with van der Waals surface area (Å²) in [6, 6.07) is 6.15. The Morgan fingerprint density at radius 2 is 2.00 bits per heavy atom. The molecule has 1 amide bonds. The second kappa shape index (κ2) is 5.35. The maximum Gasteiger partial charge on any atom is 0.326 e. The number of nitrogens with zero attached hydrogens (tertiary/aromatic N) is 4. The number of carboxylic acid groups (broad SMARTS) is 1. The molecular weight excluding hydrogens is 272 g/mol. The fraction of sp³-hybridized carbons (Fsp3) is 0.286. The van der Waals surface area contributed by atoms with Gasteiger partial charge in [0.25, 0.3) is 5.91 Å². The minimum Gasteiger partial charge on any atom is -0.480 e. The summed E-state index contributed by atoms with van der Waals surface area (Å²) < 4.78 is 1.59. The minimum absolute atomic E-state index is 0.245. The predicted molar refractivity (Wildman–Crippen MR) is 73.1 cm³/mol. The molecule has 1 aromatic carbocycles. The van der Waals surface area contributed by atoms with E-state index < -0.39 is 12.0 Å². The number of hydrogen-bond acceptors (Lipinski definition) is 4. The molecule has 2 heterocycles. The van der Waals surface area contributed by atoms with E-state index in [2.05, 4.69) is 10.1 Å². The fourth-order valence-corrected chi connectivity index (χ4v) is 2.53. The highest BCUT2D eigenvalue weighted by molar-refractivity contribution is 5.97. The molecule has 1 aliphatic heterocycles. The van der Waals surface area contributed by atoms with Gasteiger partial charge in [0.15, 0.2) is 0 Å². The lowest BCUT2D eigenvalue weighted by Gasteiger charge is -2.21. The normalized spacial score (nSPS) is 17.9. The summed E-state index contributed by atoms with van der Waals surface area (Å²) >= 11 is 0. The molecule has 21 heavy (non-hydrogen) atoms. The van der Waals surface area contributed by atoms with Gasteiger partial charge < -0.3 is 10.0 Å². The van der Waals surface area contributed by atoms with Crippen LogP contribution in [-0.4, -0.2) is 49.2 Å². The molecular formula is C14H14N4O3. The first-order valence-corrected chi connectivity index (χ1v) is 6.65. The molecule has 0 radical (unpaired) electrons. The van der Waals surface area contributed by atoms with E-state index in [4.69, 9.17) is 5.11 Å². The first-order chi connectivity index (χ1) is 10.2. The van der Waals surface area contributed by atoms with Crippen LogP contribution in [0.3, 0.4) is 0 Å². The molecule has 1 fully saturated rings. The molecule has 0 unspecified atom stereocenters.